The second kappa shape index (κ2) is 9.12. The first-order valence-electron chi connectivity index (χ1n) is 8.79. The summed E-state index contributed by atoms with van der Waals surface area (Å²) in [7, 11) is 7.46. The Bertz CT molecular complexity index is 568. The molecule has 1 aliphatic rings. The van der Waals surface area contributed by atoms with Gasteiger partial charge in [-0.2, -0.15) is 0 Å². The van der Waals surface area contributed by atoms with Gasteiger partial charge in [0.15, 0.2) is 0 Å². The zero-order valence-electron chi connectivity index (χ0n) is 16.2. The number of rotatable bonds is 7. The van der Waals surface area contributed by atoms with E-state index in [9.17, 15) is 5.11 Å². The lowest BCUT2D eigenvalue weighted by atomic mass is 9.94. The third-order valence-electron chi connectivity index (χ3n) is 4.80. The number of nitrogens with zero attached hydrogens (tertiary/aromatic N) is 2. The van der Waals surface area contributed by atoms with Crippen LogP contribution in [0.5, 0.6) is 11.5 Å². The van der Waals surface area contributed by atoms with E-state index in [0.717, 1.165) is 67.4 Å². The minimum Gasteiger partial charge on any atom is -0.496 e. The summed E-state index contributed by atoms with van der Waals surface area (Å²) in [6, 6.07) is 4.14. The molecule has 5 nitrogen and oxygen atoms in total. The van der Waals surface area contributed by atoms with Crippen LogP contribution in [-0.4, -0.2) is 74.7 Å². The highest BCUT2D eigenvalue weighted by Crippen LogP contribution is 2.35. The lowest BCUT2D eigenvalue weighted by Crippen LogP contribution is -2.40. The molecule has 1 saturated heterocycles. The van der Waals surface area contributed by atoms with Crippen molar-refractivity contribution in [3.8, 4) is 11.5 Å². The molecule has 1 aromatic rings. The normalized spacial score (nSPS) is 22.0. The Balaban J connectivity index is 2.11. The van der Waals surface area contributed by atoms with Gasteiger partial charge in [-0.05, 0) is 58.3 Å². The number of likely N-dealkylation sites (tertiary alicyclic amines) is 1. The van der Waals surface area contributed by atoms with E-state index in [0.29, 0.717) is 0 Å². The number of hydrogen-bond donors (Lipinski definition) is 1. The molecule has 1 atom stereocenters. The summed E-state index contributed by atoms with van der Waals surface area (Å²) in [4.78, 5) is 5.56. The molecule has 0 saturated carbocycles. The molecule has 0 aliphatic carbocycles. The highest BCUT2D eigenvalue weighted by molar-refractivity contribution is 7.98. The molecule has 0 spiro atoms. The third-order valence-corrected chi connectivity index (χ3v) is 5.56. The summed E-state index contributed by atoms with van der Waals surface area (Å²) in [5.41, 5.74) is 0.554. The largest absolute Gasteiger partial charge is 0.496 e. The molecule has 2 rings (SSSR count). The van der Waals surface area contributed by atoms with Gasteiger partial charge in [0.2, 0.25) is 0 Å². The molecule has 0 bridgehead atoms. The summed E-state index contributed by atoms with van der Waals surface area (Å²) in [5, 5.41) is 10.8. The summed E-state index contributed by atoms with van der Waals surface area (Å²) in [6.45, 7) is 3.41. The SMILES string of the molecule is COc1cc(SC)c(OC)cc1CN1CCC[C@@](O)(CN(C)C)CC1. The minimum atomic E-state index is -0.581. The molecule has 142 valence electrons. The van der Waals surface area contributed by atoms with Gasteiger partial charge in [0, 0.05) is 25.2 Å². The Morgan fingerprint density at radius 3 is 2.48 bits per heavy atom. The van der Waals surface area contributed by atoms with Crippen molar-refractivity contribution in [2.24, 2.45) is 0 Å². The van der Waals surface area contributed by atoms with Crippen molar-refractivity contribution in [1.29, 1.82) is 0 Å². The molecule has 0 aromatic heterocycles. The van der Waals surface area contributed by atoms with E-state index in [4.69, 9.17) is 9.47 Å². The minimum absolute atomic E-state index is 0.581. The zero-order valence-corrected chi connectivity index (χ0v) is 17.0. The van der Waals surface area contributed by atoms with Gasteiger partial charge in [0.25, 0.3) is 0 Å². The van der Waals surface area contributed by atoms with E-state index < -0.39 is 5.60 Å². The van der Waals surface area contributed by atoms with Crippen molar-refractivity contribution < 1.29 is 14.6 Å². The average molecular weight is 369 g/mol. The van der Waals surface area contributed by atoms with Crippen molar-refractivity contribution in [3.63, 3.8) is 0 Å². The molecule has 1 N–H and O–H groups in total. The van der Waals surface area contributed by atoms with Gasteiger partial charge in [0.05, 0.1) is 24.7 Å². The molecule has 6 heteroatoms. The second-order valence-electron chi connectivity index (χ2n) is 7.11. The number of likely N-dealkylation sites (N-methyl/N-ethyl adjacent to an activating group) is 1. The van der Waals surface area contributed by atoms with E-state index in [1.165, 1.54) is 0 Å². The molecule has 0 radical (unpaired) electrons. The number of ether oxygens (including phenoxy) is 2. The fraction of sp³-hybridized carbons (Fsp3) is 0.684. The van der Waals surface area contributed by atoms with E-state index in [2.05, 4.69) is 21.9 Å². The topological polar surface area (TPSA) is 45.2 Å². The van der Waals surface area contributed by atoms with Crippen molar-refractivity contribution in [2.75, 3.05) is 54.2 Å². The monoisotopic (exact) mass is 368 g/mol. The summed E-state index contributed by atoms with van der Waals surface area (Å²) < 4.78 is 11.1. The number of hydrogen-bond acceptors (Lipinski definition) is 6. The van der Waals surface area contributed by atoms with Gasteiger partial charge in [-0.3, -0.25) is 4.90 Å². The van der Waals surface area contributed by atoms with Gasteiger partial charge < -0.3 is 19.5 Å². The fourth-order valence-electron chi connectivity index (χ4n) is 3.60. The van der Waals surface area contributed by atoms with Crippen LogP contribution in [0.4, 0.5) is 0 Å². The molecule has 1 aromatic carbocycles. The van der Waals surface area contributed by atoms with Crippen LogP contribution in [-0.2, 0) is 6.54 Å². The van der Waals surface area contributed by atoms with Gasteiger partial charge >= 0.3 is 0 Å². The maximum Gasteiger partial charge on any atom is 0.132 e. The molecule has 25 heavy (non-hydrogen) atoms. The van der Waals surface area contributed by atoms with Crippen LogP contribution in [0, 0.1) is 0 Å². The van der Waals surface area contributed by atoms with Crippen LogP contribution in [0.1, 0.15) is 24.8 Å². The number of aliphatic hydroxyl groups is 1. The summed E-state index contributed by atoms with van der Waals surface area (Å²) >= 11 is 1.66. The van der Waals surface area contributed by atoms with Gasteiger partial charge in [0.1, 0.15) is 11.5 Å². The van der Waals surface area contributed by atoms with Crippen LogP contribution in [0.25, 0.3) is 0 Å². The molecule has 0 unspecified atom stereocenters. The van der Waals surface area contributed by atoms with Gasteiger partial charge in [-0.1, -0.05) is 0 Å². The molecule has 0 amide bonds. The maximum absolute atomic E-state index is 10.8. The van der Waals surface area contributed by atoms with Crippen molar-refractivity contribution in [3.05, 3.63) is 17.7 Å². The van der Waals surface area contributed by atoms with Crippen molar-refractivity contribution in [1.82, 2.24) is 9.80 Å². The number of thioether (sulfide) groups is 1. The van der Waals surface area contributed by atoms with Gasteiger partial charge in [-0.25, -0.2) is 0 Å². The van der Waals surface area contributed by atoms with Crippen molar-refractivity contribution in [2.45, 2.75) is 36.3 Å². The van der Waals surface area contributed by atoms with Crippen LogP contribution in [0.15, 0.2) is 17.0 Å². The predicted octanol–water partition coefficient (Wildman–Crippen LogP) is 2.70. The Morgan fingerprint density at radius 1 is 1.16 bits per heavy atom. The quantitative estimate of drug-likeness (QED) is 0.747. The zero-order chi connectivity index (χ0) is 18.4. The first kappa shape index (κ1) is 20.4. The maximum atomic E-state index is 10.8. The fourth-order valence-corrected chi connectivity index (χ4v) is 4.16. The first-order chi connectivity index (χ1) is 11.9. The molecular formula is C19H32N2O3S. The number of benzene rings is 1. The van der Waals surface area contributed by atoms with Crippen LogP contribution < -0.4 is 9.47 Å². The highest BCUT2D eigenvalue weighted by atomic mass is 32.2. The molecule has 1 heterocycles. The Morgan fingerprint density at radius 2 is 1.88 bits per heavy atom. The average Bonchev–Trinajstić information content (AvgIpc) is 2.75. The Labute approximate surface area is 156 Å². The molecule has 1 fully saturated rings. The van der Waals surface area contributed by atoms with Crippen LogP contribution in [0.3, 0.4) is 0 Å². The molecule has 1 aliphatic heterocycles. The van der Waals surface area contributed by atoms with E-state index in [1.807, 2.05) is 20.4 Å². The molecular weight excluding hydrogens is 336 g/mol. The third kappa shape index (κ3) is 5.51. The number of methoxy groups -OCH3 is 2. The Kier molecular flexibility index (Phi) is 7.43. The van der Waals surface area contributed by atoms with Crippen molar-refractivity contribution >= 4 is 11.8 Å². The standard InChI is InChI=1S/C19H32N2O3S/c1-20(2)14-19(22)7-6-9-21(10-8-19)13-15-11-17(24-4)18(25-5)12-16(15)23-3/h11-12,22H,6-10,13-14H2,1-5H3/t19-/m0/s1. The van der Waals surface area contributed by atoms with Crippen LogP contribution in [0.2, 0.25) is 0 Å². The lowest BCUT2D eigenvalue weighted by Gasteiger charge is -2.30. The van der Waals surface area contributed by atoms with E-state index in [-0.39, 0.29) is 0 Å². The highest BCUT2D eigenvalue weighted by Gasteiger charge is 2.30. The predicted molar refractivity (Wildman–Crippen MR) is 104 cm³/mol. The summed E-state index contributed by atoms with van der Waals surface area (Å²) in [5.74, 6) is 1.79. The lowest BCUT2D eigenvalue weighted by molar-refractivity contribution is 0.00257. The van der Waals surface area contributed by atoms with E-state index in [1.54, 1.807) is 26.0 Å². The smallest absolute Gasteiger partial charge is 0.132 e. The van der Waals surface area contributed by atoms with Gasteiger partial charge in [-0.15, -0.1) is 11.8 Å². The Hall–Kier alpha value is -0.950. The van der Waals surface area contributed by atoms with E-state index >= 15 is 0 Å². The van der Waals surface area contributed by atoms with Crippen LogP contribution >= 0.6 is 11.8 Å². The summed E-state index contributed by atoms with van der Waals surface area (Å²) in [6.07, 6.45) is 4.70. The first-order valence-corrected chi connectivity index (χ1v) is 10.0. The second-order valence-corrected chi connectivity index (χ2v) is 7.96.